The van der Waals surface area contributed by atoms with Gasteiger partial charge in [0.1, 0.15) is 6.61 Å². The minimum absolute atomic E-state index is 0.0102. The van der Waals surface area contributed by atoms with Crippen LogP contribution in [0.3, 0.4) is 0 Å². The molecule has 10 nitrogen and oxygen atoms in total. The van der Waals surface area contributed by atoms with Crippen LogP contribution in [0.5, 0.6) is 0 Å². The summed E-state index contributed by atoms with van der Waals surface area (Å²) in [7, 11) is 4.53. The van der Waals surface area contributed by atoms with E-state index in [1.54, 1.807) is 38.4 Å². The molecule has 2 aromatic carbocycles. The predicted octanol–water partition coefficient (Wildman–Crippen LogP) is 3.88. The summed E-state index contributed by atoms with van der Waals surface area (Å²) in [6.07, 6.45) is 2.27. The third-order valence-electron chi connectivity index (χ3n) is 5.19. The van der Waals surface area contributed by atoms with Gasteiger partial charge in [0.15, 0.2) is 5.82 Å². The number of hydrogen-bond acceptors (Lipinski definition) is 7. The maximum atomic E-state index is 13.5. The van der Waals surface area contributed by atoms with Gasteiger partial charge >= 0.3 is 0 Å². The van der Waals surface area contributed by atoms with Gasteiger partial charge in [-0.05, 0) is 42.0 Å². The first-order valence-corrected chi connectivity index (χ1v) is 12.0. The first kappa shape index (κ1) is 28.7. The molecule has 0 aliphatic carbocycles. The Morgan fingerprint density at radius 1 is 0.974 bits per heavy atom. The molecule has 198 valence electrons. The topological polar surface area (TPSA) is 122 Å². The molecule has 38 heavy (non-hydrogen) atoms. The highest BCUT2D eigenvalue weighted by Gasteiger charge is 2.24. The zero-order valence-corrected chi connectivity index (χ0v) is 22.4. The van der Waals surface area contributed by atoms with Crippen molar-refractivity contribution in [2.45, 2.75) is 13.0 Å². The van der Waals surface area contributed by atoms with Gasteiger partial charge in [0.2, 0.25) is 17.6 Å². The van der Waals surface area contributed by atoms with Crippen LogP contribution in [0.15, 0.2) is 54.9 Å². The number of nitrogens with one attached hydrogen (secondary N) is 1. The van der Waals surface area contributed by atoms with Crippen LogP contribution in [0.2, 0.25) is 10.0 Å². The van der Waals surface area contributed by atoms with Crippen LogP contribution in [0.1, 0.15) is 33.0 Å². The SMILES string of the molecule is COCC(=O)Nc1cc(C(=O)N(C)C)cc(N(Cc2ccc(Cl)c(Cl)c2)C(=O)CC(=O)c2ncccn2)c1. The summed E-state index contributed by atoms with van der Waals surface area (Å²) >= 11 is 12.2. The molecule has 3 amide bonds. The number of aromatic nitrogens is 2. The summed E-state index contributed by atoms with van der Waals surface area (Å²) in [6.45, 7) is -0.220. The molecule has 0 fully saturated rings. The van der Waals surface area contributed by atoms with E-state index >= 15 is 0 Å². The van der Waals surface area contributed by atoms with E-state index in [2.05, 4.69) is 15.3 Å². The lowest BCUT2D eigenvalue weighted by Gasteiger charge is -2.25. The van der Waals surface area contributed by atoms with Crippen molar-refractivity contribution < 1.29 is 23.9 Å². The van der Waals surface area contributed by atoms with E-state index in [0.717, 1.165) is 0 Å². The normalized spacial score (nSPS) is 10.6. The number of rotatable bonds is 10. The zero-order chi connectivity index (χ0) is 27.8. The Morgan fingerprint density at radius 3 is 2.32 bits per heavy atom. The van der Waals surface area contributed by atoms with E-state index in [1.165, 1.54) is 47.5 Å². The van der Waals surface area contributed by atoms with Gasteiger partial charge in [-0.1, -0.05) is 29.3 Å². The number of hydrogen-bond donors (Lipinski definition) is 1. The standard InChI is InChI=1S/C26H25Cl2N5O5/c1-32(2)26(37)17-10-18(31-23(35)15-38-3)12-19(11-17)33(14-16-5-6-20(27)21(28)9-16)24(36)13-22(34)25-29-7-4-8-30-25/h4-12H,13-15H2,1-3H3,(H,31,35). The third-order valence-corrected chi connectivity index (χ3v) is 5.93. The van der Waals surface area contributed by atoms with Crippen LogP contribution >= 0.6 is 23.2 Å². The number of carbonyl (C=O) groups is 4. The van der Waals surface area contributed by atoms with Gasteiger partial charge in [0.05, 0.1) is 23.0 Å². The minimum atomic E-state index is -0.586. The number of anilines is 2. The van der Waals surface area contributed by atoms with Gasteiger partial charge < -0.3 is 19.9 Å². The largest absolute Gasteiger partial charge is 0.375 e. The van der Waals surface area contributed by atoms with Crippen molar-refractivity contribution in [1.29, 1.82) is 0 Å². The lowest BCUT2D eigenvalue weighted by atomic mass is 10.1. The summed E-state index contributed by atoms with van der Waals surface area (Å²) in [6, 6.07) is 11.0. The van der Waals surface area contributed by atoms with E-state index in [-0.39, 0.29) is 46.8 Å². The Bertz CT molecular complexity index is 1350. The van der Waals surface area contributed by atoms with Gasteiger partial charge in [0.25, 0.3) is 5.91 Å². The molecule has 0 bridgehead atoms. The van der Waals surface area contributed by atoms with Crippen LogP contribution in [-0.2, 0) is 20.9 Å². The number of ketones is 1. The van der Waals surface area contributed by atoms with Crippen molar-refractivity contribution in [3.8, 4) is 0 Å². The molecule has 0 aliphatic rings. The molecule has 0 radical (unpaired) electrons. The first-order valence-electron chi connectivity index (χ1n) is 11.3. The van der Waals surface area contributed by atoms with Crippen molar-refractivity contribution in [2.24, 2.45) is 0 Å². The first-order chi connectivity index (χ1) is 18.1. The Morgan fingerprint density at radius 2 is 1.68 bits per heavy atom. The number of carbonyl (C=O) groups excluding carboxylic acids is 4. The van der Waals surface area contributed by atoms with Crippen molar-refractivity contribution in [3.63, 3.8) is 0 Å². The number of Topliss-reactive ketones (excluding diaryl/α,β-unsaturated/α-hetero) is 1. The predicted molar refractivity (Wildman–Crippen MR) is 144 cm³/mol. The van der Waals surface area contributed by atoms with Crippen LogP contribution in [0.4, 0.5) is 11.4 Å². The number of methoxy groups -OCH3 is 1. The van der Waals surface area contributed by atoms with E-state index < -0.39 is 24.0 Å². The smallest absolute Gasteiger partial charge is 0.253 e. The Labute approximate surface area is 229 Å². The molecule has 1 heterocycles. The van der Waals surface area contributed by atoms with Crippen molar-refractivity contribution in [3.05, 3.63) is 81.9 Å². The van der Waals surface area contributed by atoms with Gasteiger partial charge in [-0.3, -0.25) is 19.2 Å². The second-order valence-corrected chi connectivity index (χ2v) is 9.16. The lowest BCUT2D eigenvalue weighted by Crippen LogP contribution is -2.33. The fourth-order valence-corrected chi connectivity index (χ4v) is 3.77. The Hall–Kier alpha value is -3.86. The van der Waals surface area contributed by atoms with E-state index in [1.807, 2.05) is 0 Å². The number of amides is 3. The molecule has 0 aliphatic heterocycles. The molecule has 0 saturated heterocycles. The number of benzene rings is 2. The summed E-state index contributed by atoms with van der Waals surface area (Å²) in [4.78, 5) is 61.8. The lowest BCUT2D eigenvalue weighted by molar-refractivity contribution is -0.119. The van der Waals surface area contributed by atoms with Crippen LogP contribution in [0, 0.1) is 0 Å². The number of halogens is 2. The highest BCUT2D eigenvalue weighted by atomic mass is 35.5. The molecular weight excluding hydrogens is 533 g/mol. The molecule has 0 spiro atoms. The Balaban J connectivity index is 2.06. The molecule has 1 aromatic heterocycles. The van der Waals surface area contributed by atoms with E-state index in [0.29, 0.717) is 10.6 Å². The minimum Gasteiger partial charge on any atom is -0.375 e. The monoisotopic (exact) mass is 557 g/mol. The molecular formula is C26H25Cl2N5O5. The summed E-state index contributed by atoms with van der Waals surface area (Å²) < 4.78 is 4.87. The van der Waals surface area contributed by atoms with E-state index in [4.69, 9.17) is 27.9 Å². The number of ether oxygens (including phenoxy) is 1. The van der Waals surface area contributed by atoms with Gasteiger partial charge in [-0.25, -0.2) is 9.97 Å². The average Bonchev–Trinajstić information content (AvgIpc) is 2.89. The molecule has 0 saturated carbocycles. The van der Waals surface area contributed by atoms with Crippen LogP contribution in [-0.4, -0.2) is 66.2 Å². The van der Waals surface area contributed by atoms with Crippen molar-refractivity contribution >= 4 is 58.1 Å². The zero-order valence-electron chi connectivity index (χ0n) is 20.9. The third kappa shape index (κ3) is 7.58. The molecule has 0 atom stereocenters. The van der Waals surface area contributed by atoms with E-state index in [9.17, 15) is 19.2 Å². The van der Waals surface area contributed by atoms with Crippen molar-refractivity contribution in [1.82, 2.24) is 14.9 Å². The highest BCUT2D eigenvalue weighted by Crippen LogP contribution is 2.28. The molecule has 12 heteroatoms. The average molecular weight is 558 g/mol. The Kier molecular flexibility index (Phi) is 9.89. The summed E-state index contributed by atoms with van der Waals surface area (Å²) in [5.41, 5.74) is 1.36. The summed E-state index contributed by atoms with van der Waals surface area (Å²) in [5, 5.41) is 3.29. The van der Waals surface area contributed by atoms with Gasteiger partial charge in [-0.2, -0.15) is 0 Å². The highest BCUT2D eigenvalue weighted by molar-refractivity contribution is 6.42. The molecule has 1 N–H and O–H groups in total. The summed E-state index contributed by atoms with van der Waals surface area (Å²) in [5.74, 6) is -2.07. The second kappa shape index (κ2) is 13.1. The number of nitrogens with zero attached hydrogens (tertiary/aromatic N) is 4. The van der Waals surface area contributed by atoms with Crippen LogP contribution in [0.25, 0.3) is 0 Å². The maximum absolute atomic E-state index is 13.5. The van der Waals surface area contributed by atoms with Gasteiger partial charge in [-0.15, -0.1) is 0 Å². The molecule has 3 rings (SSSR count). The van der Waals surface area contributed by atoms with Crippen molar-refractivity contribution in [2.75, 3.05) is 38.0 Å². The maximum Gasteiger partial charge on any atom is 0.253 e. The molecule has 3 aromatic rings. The molecule has 0 unspecified atom stereocenters. The fourth-order valence-electron chi connectivity index (χ4n) is 3.45. The van der Waals surface area contributed by atoms with Gasteiger partial charge in [0, 0.05) is 50.5 Å². The quantitative estimate of drug-likeness (QED) is 0.296. The fraction of sp³-hybridized carbons (Fsp3) is 0.231. The van der Waals surface area contributed by atoms with Crippen LogP contribution < -0.4 is 10.2 Å². The second-order valence-electron chi connectivity index (χ2n) is 8.35.